The molecule has 136 valence electrons. The maximum atomic E-state index is 12.3. The number of nitrogens with zero attached hydrogens (tertiary/aromatic N) is 1. The highest BCUT2D eigenvalue weighted by atomic mass is 16.6. The third kappa shape index (κ3) is 7.06. The van der Waals surface area contributed by atoms with Crippen molar-refractivity contribution in [2.75, 3.05) is 26.2 Å². The molecule has 0 aromatic heterocycles. The maximum absolute atomic E-state index is 12.3. The summed E-state index contributed by atoms with van der Waals surface area (Å²) in [6.07, 6.45) is 2.08. The number of hydrogen-bond acceptors (Lipinski definition) is 5. The van der Waals surface area contributed by atoms with E-state index in [2.05, 4.69) is 19.2 Å². The molecule has 0 bridgehead atoms. The van der Waals surface area contributed by atoms with Crippen LogP contribution < -0.4 is 5.32 Å². The summed E-state index contributed by atoms with van der Waals surface area (Å²) in [5, 5.41) is 21.1. The summed E-state index contributed by atoms with van der Waals surface area (Å²) >= 11 is 0. The zero-order valence-corrected chi connectivity index (χ0v) is 15.3. The van der Waals surface area contributed by atoms with E-state index >= 15 is 0 Å². The van der Waals surface area contributed by atoms with Gasteiger partial charge in [-0.15, -0.1) is 0 Å². The van der Waals surface area contributed by atoms with Crippen molar-refractivity contribution in [1.82, 2.24) is 10.2 Å². The van der Waals surface area contributed by atoms with Gasteiger partial charge in [0.05, 0.1) is 12.7 Å². The molecule has 1 aliphatic heterocycles. The van der Waals surface area contributed by atoms with Gasteiger partial charge in [-0.25, -0.2) is 4.79 Å². The summed E-state index contributed by atoms with van der Waals surface area (Å²) in [6.45, 7) is 11.6. The number of likely N-dealkylation sites (tertiary alicyclic amines) is 1. The van der Waals surface area contributed by atoms with Gasteiger partial charge in [0.2, 0.25) is 0 Å². The zero-order valence-electron chi connectivity index (χ0n) is 15.3. The molecule has 1 aliphatic rings. The van der Waals surface area contributed by atoms with Crippen LogP contribution in [0.1, 0.15) is 53.9 Å². The highest BCUT2D eigenvalue weighted by molar-refractivity contribution is 5.69. The van der Waals surface area contributed by atoms with Gasteiger partial charge in [-0.3, -0.25) is 0 Å². The molecule has 0 aromatic carbocycles. The molecule has 3 N–H and O–H groups in total. The van der Waals surface area contributed by atoms with E-state index in [1.54, 1.807) is 0 Å². The van der Waals surface area contributed by atoms with E-state index < -0.39 is 11.7 Å². The SMILES string of the molecule is CC(C)(C)OC(=O)N1C[C@@H](CCCNCC(O)CO)CC1(C)C. The molecule has 0 aliphatic carbocycles. The third-order valence-electron chi connectivity index (χ3n) is 4.13. The quantitative estimate of drug-likeness (QED) is 0.620. The minimum atomic E-state index is -0.692. The average molecular weight is 330 g/mol. The second-order valence-corrected chi connectivity index (χ2v) is 8.16. The van der Waals surface area contributed by atoms with Crippen LogP contribution in [0.3, 0.4) is 0 Å². The van der Waals surface area contributed by atoms with Crippen LogP contribution >= 0.6 is 0 Å². The zero-order chi connectivity index (χ0) is 17.7. The normalized spacial score (nSPS) is 22.2. The van der Waals surface area contributed by atoms with Crippen molar-refractivity contribution in [1.29, 1.82) is 0 Å². The van der Waals surface area contributed by atoms with Crippen LogP contribution in [0.25, 0.3) is 0 Å². The summed E-state index contributed by atoms with van der Waals surface area (Å²) < 4.78 is 5.51. The summed E-state index contributed by atoms with van der Waals surface area (Å²) in [5.41, 5.74) is -0.643. The Morgan fingerprint density at radius 2 is 2.09 bits per heavy atom. The molecule has 0 radical (unpaired) electrons. The van der Waals surface area contributed by atoms with E-state index in [9.17, 15) is 9.90 Å². The standard InChI is InChI=1S/C17H34N2O4/c1-16(2,3)23-15(22)19-11-13(9-17(19,4)5)7-6-8-18-10-14(21)12-20/h13-14,18,20-21H,6-12H2,1-5H3/t13-,14?/m0/s1. The minimum Gasteiger partial charge on any atom is -0.444 e. The first-order valence-electron chi connectivity index (χ1n) is 8.55. The monoisotopic (exact) mass is 330 g/mol. The lowest BCUT2D eigenvalue weighted by Gasteiger charge is -2.33. The molecule has 1 unspecified atom stereocenters. The molecule has 0 aromatic rings. The molecule has 1 saturated heterocycles. The van der Waals surface area contributed by atoms with Crippen LogP contribution in [0.4, 0.5) is 4.79 Å². The highest BCUT2D eigenvalue weighted by Gasteiger charge is 2.42. The molecule has 23 heavy (non-hydrogen) atoms. The van der Waals surface area contributed by atoms with Crippen LogP contribution in [0.15, 0.2) is 0 Å². The highest BCUT2D eigenvalue weighted by Crippen LogP contribution is 2.35. The first-order chi connectivity index (χ1) is 10.5. The largest absolute Gasteiger partial charge is 0.444 e. The molecule has 2 atom stereocenters. The lowest BCUT2D eigenvalue weighted by molar-refractivity contribution is 0.0131. The smallest absolute Gasteiger partial charge is 0.410 e. The van der Waals surface area contributed by atoms with Gasteiger partial charge in [-0.05, 0) is 66.3 Å². The molecule has 1 rings (SSSR count). The van der Waals surface area contributed by atoms with Crippen LogP contribution in [-0.4, -0.2) is 64.7 Å². The van der Waals surface area contributed by atoms with E-state index in [-0.39, 0.29) is 18.2 Å². The summed E-state index contributed by atoms with van der Waals surface area (Å²) in [4.78, 5) is 14.2. The number of rotatable bonds is 7. The number of carbonyl (C=O) groups excluding carboxylic acids is 1. The number of nitrogens with one attached hydrogen (secondary N) is 1. The van der Waals surface area contributed by atoms with Gasteiger partial charge in [0.1, 0.15) is 5.60 Å². The Bertz CT molecular complexity index is 379. The summed E-state index contributed by atoms with van der Waals surface area (Å²) in [5.74, 6) is 0.474. The van der Waals surface area contributed by atoms with Crippen LogP contribution in [0, 0.1) is 5.92 Å². The molecule has 6 heteroatoms. The van der Waals surface area contributed by atoms with Gasteiger partial charge < -0.3 is 25.2 Å². The Kier molecular flexibility index (Phi) is 7.29. The summed E-state index contributed by atoms with van der Waals surface area (Å²) in [7, 11) is 0. The maximum Gasteiger partial charge on any atom is 0.410 e. The van der Waals surface area contributed by atoms with Crippen molar-refractivity contribution in [3.8, 4) is 0 Å². The van der Waals surface area contributed by atoms with Gasteiger partial charge in [0, 0.05) is 18.6 Å². The minimum absolute atomic E-state index is 0.173. The first kappa shape index (κ1) is 20.2. The van der Waals surface area contributed by atoms with Crippen LogP contribution in [0.5, 0.6) is 0 Å². The lowest BCUT2D eigenvalue weighted by atomic mass is 9.93. The van der Waals surface area contributed by atoms with Gasteiger partial charge in [-0.2, -0.15) is 0 Å². The van der Waals surface area contributed by atoms with E-state index in [0.29, 0.717) is 12.5 Å². The number of aliphatic hydroxyl groups is 2. The second kappa shape index (κ2) is 8.31. The Labute approximate surface area is 140 Å². The Hall–Kier alpha value is -0.850. The Morgan fingerprint density at radius 1 is 1.43 bits per heavy atom. The Balaban J connectivity index is 2.37. The third-order valence-corrected chi connectivity index (χ3v) is 4.13. The Morgan fingerprint density at radius 3 is 2.65 bits per heavy atom. The lowest BCUT2D eigenvalue weighted by Crippen LogP contribution is -2.45. The molecule has 1 fully saturated rings. The number of carbonyl (C=O) groups is 1. The first-order valence-corrected chi connectivity index (χ1v) is 8.55. The average Bonchev–Trinajstić information content (AvgIpc) is 2.71. The van der Waals surface area contributed by atoms with Crippen molar-refractivity contribution >= 4 is 6.09 Å². The van der Waals surface area contributed by atoms with Gasteiger partial charge in [0.15, 0.2) is 0 Å². The summed E-state index contributed by atoms with van der Waals surface area (Å²) in [6, 6.07) is 0. The molecule has 0 spiro atoms. The second-order valence-electron chi connectivity index (χ2n) is 8.16. The molecule has 1 heterocycles. The predicted molar refractivity (Wildman–Crippen MR) is 90.3 cm³/mol. The fraction of sp³-hybridized carbons (Fsp3) is 0.941. The van der Waals surface area contributed by atoms with E-state index in [1.807, 2.05) is 25.7 Å². The van der Waals surface area contributed by atoms with E-state index in [1.165, 1.54) is 0 Å². The van der Waals surface area contributed by atoms with Gasteiger partial charge >= 0.3 is 6.09 Å². The fourth-order valence-electron chi connectivity index (χ4n) is 3.07. The molecular weight excluding hydrogens is 296 g/mol. The molecule has 0 saturated carbocycles. The van der Waals surface area contributed by atoms with Crippen molar-refractivity contribution in [2.45, 2.75) is 71.1 Å². The van der Waals surface area contributed by atoms with Gasteiger partial charge in [-0.1, -0.05) is 0 Å². The molecular formula is C17H34N2O4. The van der Waals surface area contributed by atoms with Crippen molar-refractivity contribution in [3.63, 3.8) is 0 Å². The van der Waals surface area contributed by atoms with Crippen molar-refractivity contribution in [3.05, 3.63) is 0 Å². The van der Waals surface area contributed by atoms with Crippen LogP contribution in [-0.2, 0) is 4.74 Å². The fourth-order valence-corrected chi connectivity index (χ4v) is 3.07. The van der Waals surface area contributed by atoms with Gasteiger partial charge in [0.25, 0.3) is 0 Å². The van der Waals surface area contributed by atoms with E-state index in [0.717, 1.165) is 32.4 Å². The topological polar surface area (TPSA) is 82.0 Å². The number of hydrogen-bond donors (Lipinski definition) is 3. The van der Waals surface area contributed by atoms with E-state index in [4.69, 9.17) is 9.84 Å². The number of aliphatic hydroxyl groups excluding tert-OH is 2. The molecule has 1 amide bonds. The van der Waals surface area contributed by atoms with Crippen LogP contribution in [0.2, 0.25) is 0 Å². The van der Waals surface area contributed by atoms with Crippen molar-refractivity contribution in [2.24, 2.45) is 5.92 Å². The predicted octanol–water partition coefficient (Wildman–Crippen LogP) is 1.74. The molecule has 6 nitrogen and oxygen atoms in total. The number of ether oxygens (including phenoxy) is 1. The number of amides is 1. The van der Waals surface area contributed by atoms with Crippen molar-refractivity contribution < 1.29 is 19.7 Å².